The van der Waals surface area contributed by atoms with Crippen molar-refractivity contribution in [1.82, 2.24) is 15.5 Å². The number of anilines is 3. The van der Waals surface area contributed by atoms with E-state index in [9.17, 15) is 9.18 Å². The molecule has 0 radical (unpaired) electrons. The lowest BCUT2D eigenvalue weighted by Gasteiger charge is -2.33. The Morgan fingerprint density at radius 2 is 1.86 bits per heavy atom. The van der Waals surface area contributed by atoms with Crippen LogP contribution in [0.2, 0.25) is 0 Å². The van der Waals surface area contributed by atoms with Crippen molar-refractivity contribution in [2.45, 2.75) is 25.0 Å². The minimum Gasteiger partial charge on any atom is -0.487 e. The van der Waals surface area contributed by atoms with Crippen LogP contribution in [-0.2, 0) is 4.74 Å². The zero-order valence-electron chi connectivity index (χ0n) is 19.2. The number of hydrogen-bond acceptors (Lipinski definition) is 10. The molecule has 0 unspecified atom stereocenters. The predicted octanol–water partition coefficient (Wildman–Crippen LogP) is 3.84. The normalized spacial score (nSPS) is 18.6. The van der Waals surface area contributed by atoms with Gasteiger partial charge in [0.2, 0.25) is 0 Å². The molecule has 2 aliphatic heterocycles. The molecule has 0 bridgehead atoms. The Labute approximate surface area is 204 Å². The van der Waals surface area contributed by atoms with E-state index < -0.39 is 18.0 Å². The number of piperidine rings is 1. The lowest BCUT2D eigenvalue weighted by atomic mass is 10.1. The number of amides is 1. The molecular weight excluding hydrogens is 471 g/mol. The molecule has 1 N–H and O–H groups in total. The second-order valence-corrected chi connectivity index (χ2v) is 8.74. The fourth-order valence-electron chi connectivity index (χ4n) is 4.49. The third-order valence-corrected chi connectivity index (χ3v) is 6.39. The molecule has 4 heterocycles. The van der Waals surface area contributed by atoms with Crippen molar-refractivity contribution in [2.75, 3.05) is 41.3 Å². The molecule has 11 nitrogen and oxygen atoms in total. The number of nitrogens with zero attached hydrogens (tertiary/aromatic N) is 5. The van der Waals surface area contributed by atoms with Gasteiger partial charge in [-0.15, -0.1) is 0 Å². The summed E-state index contributed by atoms with van der Waals surface area (Å²) >= 11 is 0. The Morgan fingerprint density at radius 1 is 1.03 bits per heavy atom. The molecule has 1 amide bonds. The van der Waals surface area contributed by atoms with Crippen LogP contribution in [0.5, 0.6) is 5.75 Å². The average Bonchev–Trinajstić information content (AvgIpc) is 3.65. The summed E-state index contributed by atoms with van der Waals surface area (Å²) in [4.78, 5) is 16.0. The van der Waals surface area contributed by atoms with E-state index in [1.54, 1.807) is 18.2 Å². The molecular formula is C24H23FN6O5. The highest BCUT2D eigenvalue weighted by molar-refractivity contribution is 5.89. The molecule has 6 rings (SSSR count). The fourth-order valence-corrected chi connectivity index (χ4v) is 4.49. The van der Waals surface area contributed by atoms with E-state index in [1.807, 2.05) is 18.2 Å². The van der Waals surface area contributed by atoms with E-state index in [0.29, 0.717) is 23.6 Å². The summed E-state index contributed by atoms with van der Waals surface area (Å²) < 4.78 is 35.8. The Hall–Kier alpha value is -4.35. The highest BCUT2D eigenvalue weighted by Crippen LogP contribution is 2.30. The van der Waals surface area contributed by atoms with Crippen molar-refractivity contribution in [2.24, 2.45) is 0 Å². The predicted molar refractivity (Wildman–Crippen MR) is 127 cm³/mol. The first-order chi connectivity index (χ1) is 17.6. The molecule has 2 aromatic heterocycles. The van der Waals surface area contributed by atoms with Crippen LogP contribution in [-0.4, -0.2) is 60.0 Å². The summed E-state index contributed by atoms with van der Waals surface area (Å²) in [5.74, 6) is 0.205. The maximum Gasteiger partial charge on any atom is 0.414 e. The van der Waals surface area contributed by atoms with Gasteiger partial charge < -0.3 is 24.2 Å². The van der Waals surface area contributed by atoms with Crippen molar-refractivity contribution in [1.29, 1.82) is 0 Å². The van der Waals surface area contributed by atoms with Gasteiger partial charge in [0, 0.05) is 43.8 Å². The third kappa shape index (κ3) is 4.49. The van der Waals surface area contributed by atoms with Crippen molar-refractivity contribution in [3.63, 3.8) is 0 Å². The van der Waals surface area contributed by atoms with Crippen LogP contribution in [0, 0.1) is 5.82 Å². The summed E-state index contributed by atoms with van der Waals surface area (Å²) in [5, 5.41) is 14.5. The van der Waals surface area contributed by atoms with Gasteiger partial charge in [0.15, 0.2) is 17.4 Å². The molecule has 2 saturated heterocycles. The van der Waals surface area contributed by atoms with Crippen molar-refractivity contribution in [3.05, 3.63) is 54.5 Å². The minimum absolute atomic E-state index is 0.109. The van der Waals surface area contributed by atoms with Crippen molar-refractivity contribution >= 4 is 34.3 Å². The number of cyclic esters (lactones) is 1. The fraction of sp³-hybridized carbons (Fsp3) is 0.333. The Balaban J connectivity index is 1.04. The summed E-state index contributed by atoms with van der Waals surface area (Å²) in [6.45, 7) is 2.19. The maximum absolute atomic E-state index is 14.9. The molecule has 12 heteroatoms. The molecule has 4 aromatic rings. The van der Waals surface area contributed by atoms with Gasteiger partial charge in [-0.3, -0.25) is 4.90 Å². The van der Waals surface area contributed by atoms with Crippen LogP contribution >= 0.6 is 0 Å². The third-order valence-electron chi connectivity index (χ3n) is 6.39. The Bertz CT molecular complexity index is 1350. The van der Waals surface area contributed by atoms with Crippen LogP contribution < -0.4 is 19.9 Å². The van der Waals surface area contributed by atoms with Gasteiger partial charge in [0.1, 0.15) is 29.5 Å². The van der Waals surface area contributed by atoms with Gasteiger partial charge in [-0.1, -0.05) is 5.16 Å². The van der Waals surface area contributed by atoms with Crippen LogP contribution in [0.25, 0.3) is 11.0 Å². The number of benzene rings is 2. The average molecular weight is 494 g/mol. The number of aromatic nitrogens is 3. The number of hydrogen-bond donors (Lipinski definition) is 1. The van der Waals surface area contributed by atoms with Gasteiger partial charge in [-0.25, -0.2) is 13.8 Å². The maximum atomic E-state index is 14.9. The van der Waals surface area contributed by atoms with E-state index in [0.717, 1.165) is 37.1 Å². The molecule has 186 valence electrons. The first-order valence-corrected chi connectivity index (χ1v) is 11.7. The highest BCUT2D eigenvalue weighted by atomic mass is 19.1. The standard InChI is InChI=1S/C24H23FN6O5/c25-19-11-16(31-14-18(35-24(31)32)13-26-23-7-10-33-29-23)2-4-22(19)34-17-5-8-30(9-6-17)15-1-3-20-21(12-15)28-36-27-20/h1-4,7,10-12,17-18H,5-6,8-9,13-14H2,(H,26,29)/t18-/m0/s1. The number of carbonyl (C=O) groups excluding carboxylic acids is 1. The van der Waals surface area contributed by atoms with E-state index in [2.05, 4.69) is 25.7 Å². The van der Waals surface area contributed by atoms with E-state index in [4.69, 9.17) is 18.6 Å². The first-order valence-electron chi connectivity index (χ1n) is 11.7. The van der Waals surface area contributed by atoms with Crippen LogP contribution in [0.15, 0.2) is 57.9 Å². The second-order valence-electron chi connectivity index (χ2n) is 8.74. The molecule has 0 spiro atoms. The minimum atomic E-state index is -0.526. The monoisotopic (exact) mass is 494 g/mol. The number of halogens is 1. The Kier molecular flexibility index (Phi) is 5.76. The number of ether oxygens (including phenoxy) is 2. The topological polar surface area (TPSA) is 119 Å². The number of nitrogens with one attached hydrogen (secondary N) is 1. The van der Waals surface area contributed by atoms with Crippen molar-refractivity contribution < 1.29 is 27.8 Å². The molecule has 36 heavy (non-hydrogen) atoms. The van der Waals surface area contributed by atoms with Gasteiger partial charge >= 0.3 is 6.09 Å². The lowest BCUT2D eigenvalue weighted by Crippen LogP contribution is -2.38. The number of fused-ring (bicyclic) bond motifs is 1. The van der Waals surface area contributed by atoms with E-state index in [1.165, 1.54) is 17.2 Å². The number of carbonyl (C=O) groups is 1. The van der Waals surface area contributed by atoms with E-state index in [-0.39, 0.29) is 18.4 Å². The summed E-state index contributed by atoms with van der Waals surface area (Å²) in [6, 6.07) is 12.0. The smallest absolute Gasteiger partial charge is 0.414 e. The molecule has 2 fully saturated rings. The largest absolute Gasteiger partial charge is 0.487 e. The molecule has 1 atom stereocenters. The summed E-state index contributed by atoms with van der Waals surface area (Å²) in [5.41, 5.74) is 2.89. The summed E-state index contributed by atoms with van der Waals surface area (Å²) in [7, 11) is 0. The van der Waals surface area contributed by atoms with E-state index >= 15 is 0 Å². The van der Waals surface area contributed by atoms with Gasteiger partial charge in [-0.05, 0) is 40.6 Å². The summed E-state index contributed by atoms with van der Waals surface area (Å²) in [6.07, 6.45) is 1.90. The second kappa shape index (κ2) is 9.36. The molecule has 0 saturated carbocycles. The van der Waals surface area contributed by atoms with Gasteiger partial charge in [-0.2, -0.15) is 0 Å². The highest BCUT2D eigenvalue weighted by Gasteiger charge is 2.33. The van der Waals surface area contributed by atoms with Gasteiger partial charge in [0.05, 0.1) is 18.8 Å². The van der Waals surface area contributed by atoms with Crippen molar-refractivity contribution in [3.8, 4) is 5.75 Å². The van der Waals surface area contributed by atoms with Crippen LogP contribution in [0.1, 0.15) is 12.8 Å². The zero-order valence-corrected chi connectivity index (χ0v) is 19.2. The Morgan fingerprint density at radius 3 is 2.67 bits per heavy atom. The quantitative estimate of drug-likeness (QED) is 0.406. The lowest BCUT2D eigenvalue weighted by molar-refractivity contribution is 0.147. The molecule has 0 aliphatic carbocycles. The van der Waals surface area contributed by atoms with Gasteiger partial charge in [0.25, 0.3) is 0 Å². The zero-order chi connectivity index (χ0) is 24.5. The SMILES string of the molecule is O=C1O[C@@H](CNc2ccon2)CN1c1ccc(OC2CCN(c3ccc4nonc4c3)CC2)c(F)c1. The first kappa shape index (κ1) is 22.1. The van der Waals surface area contributed by atoms with Crippen LogP contribution in [0.3, 0.4) is 0 Å². The molecule has 2 aromatic carbocycles. The number of rotatable bonds is 7. The van der Waals surface area contributed by atoms with Crippen LogP contribution in [0.4, 0.5) is 26.4 Å². The molecule has 2 aliphatic rings.